The summed E-state index contributed by atoms with van der Waals surface area (Å²) in [7, 11) is 4.10. The standard InChI is InChI=1S/C28H32N4O2S/c1-18(13-21-7-5-12-35-21)29-23-8-4-9-26(33)27(23)25-15-19-14-22-20(16-24(19)30-25)17-32(28(22)34)11-6-10-31(2)3/h4-5,7-8,12,14,16,18,30H,6,9-11,13,15,17H2,1-3H3/t18-/m0/s1. The Kier molecular flexibility index (Phi) is 6.71. The van der Waals surface area contributed by atoms with E-state index in [0.717, 1.165) is 59.7 Å². The minimum atomic E-state index is 0.0819. The minimum absolute atomic E-state index is 0.0819. The van der Waals surface area contributed by atoms with Gasteiger partial charge in [-0.3, -0.25) is 14.6 Å². The van der Waals surface area contributed by atoms with Gasteiger partial charge in [0, 0.05) is 54.2 Å². The Labute approximate surface area is 211 Å². The lowest BCUT2D eigenvalue weighted by atomic mass is 9.93. The maximum atomic E-state index is 13.0. The largest absolute Gasteiger partial charge is 0.358 e. The first-order valence-electron chi connectivity index (χ1n) is 12.3. The van der Waals surface area contributed by atoms with Crippen molar-refractivity contribution < 1.29 is 9.59 Å². The number of allylic oxidation sites excluding steroid dienone is 4. The van der Waals surface area contributed by atoms with Gasteiger partial charge >= 0.3 is 0 Å². The number of ketones is 1. The van der Waals surface area contributed by atoms with Gasteiger partial charge in [-0.05, 0) is 74.8 Å². The third-order valence-corrected chi connectivity index (χ3v) is 7.64. The van der Waals surface area contributed by atoms with Crippen LogP contribution in [0.15, 0.2) is 58.1 Å². The second kappa shape index (κ2) is 9.91. The Hall–Kier alpha value is -3.03. The molecular formula is C28H32N4O2S. The van der Waals surface area contributed by atoms with Gasteiger partial charge in [-0.1, -0.05) is 12.1 Å². The number of rotatable bonds is 7. The molecule has 1 aromatic carbocycles. The Morgan fingerprint density at radius 1 is 1.23 bits per heavy atom. The number of carbonyl (C=O) groups excluding carboxylic acids is 2. The average molecular weight is 489 g/mol. The van der Waals surface area contributed by atoms with Gasteiger partial charge in [0.1, 0.15) is 0 Å². The Morgan fingerprint density at radius 3 is 2.86 bits per heavy atom. The van der Waals surface area contributed by atoms with E-state index < -0.39 is 0 Å². The van der Waals surface area contributed by atoms with Crippen LogP contribution >= 0.6 is 11.3 Å². The molecule has 0 fully saturated rings. The number of fused-ring (bicyclic) bond motifs is 2. The molecule has 0 saturated heterocycles. The zero-order valence-corrected chi connectivity index (χ0v) is 21.5. The Bertz CT molecular complexity index is 1240. The van der Waals surface area contributed by atoms with Crippen molar-refractivity contribution in [3.8, 4) is 0 Å². The monoisotopic (exact) mass is 488 g/mol. The van der Waals surface area contributed by atoms with Crippen LogP contribution in [0.25, 0.3) is 0 Å². The number of hydrogen-bond acceptors (Lipinski definition) is 6. The highest BCUT2D eigenvalue weighted by Crippen LogP contribution is 2.36. The number of carbonyl (C=O) groups is 2. The molecule has 0 radical (unpaired) electrons. The predicted octanol–water partition coefficient (Wildman–Crippen LogP) is 4.48. The summed E-state index contributed by atoms with van der Waals surface area (Å²) in [4.78, 5) is 36.3. The first-order chi connectivity index (χ1) is 16.9. The topological polar surface area (TPSA) is 65.0 Å². The smallest absolute Gasteiger partial charge is 0.254 e. The molecule has 1 amide bonds. The minimum Gasteiger partial charge on any atom is -0.358 e. The highest BCUT2D eigenvalue weighted by molar-refractivity contribution is 7.09. The fourth-order valence-corrected chi connectivity index (χ4v) is 5.90. The van der Waals surface area contributed by atoms with E-state index in [1.807, 2.05) is 23.1 Å². The number of Topliss-reactive ketones (excluding diaryl/α,β-unsaturated/α-hetero) is 1. The third kappa shape index (κ3) is 5.02. The lowest BCUT2D eigenvalue weighted by molar-refractivity contribution is -0.114. The number of aliphatic imine (C=N–C) groups is 1. The van der Waals surface area contributed by atoms with Crippen molar-refractivity contribution in [3.05, 3.63) is 74.6 Å². The summed E-state index contributed by atoms with van der Waals surface area (Å²) in [6.07, 6.45) is 6.72. The fourth-order valence-electron chi connectivity index (χ4n) is 5.08. The number of anilines is 1. The van der Waals surface area contributed by atoms with E-state index in [1.165, 1.54) is 4.88 Å². The predicted molar refractivity (Wildman–Crippen MR) is 142 cm³/mol. The van der Waals surface area contributed by atoms with Gasteiger partial charge in [0.15, 0.2) is 5.78 Å². The van der Waals surface area contributed by atoms with Crippen LogP contribution in [-0.4, -0.2) is 60.4 Å². The fraction of sp³-hybridized carbons (Fsp3) is 0.393. The lowest BCUT2D eigenvalue weighted by Gasteiger charge is -2.17. The second-order valence-corrected chi connectivity index (χ2v) is 10.9. The zero-order chi connectivity index (χ0) is 24.5. The van der Waals surface area contributed by atoms with Crippen LogP contribution in [-0.2, 0) is 24.2 Å². The van der Waals surface area contributed by atoms with Crippen LogP contribution in [0.2, 0.25) is 0 Å². The SMILES string of the molecule is C[C@@H](Cc1cccs1)N=C1C=CCC(=O)C1=C1Cc2cc3c(cc2N1)CN(CCCN(C)C)C3=O. The van der Waals surface area contributed by atoms with Gasteiger partial charge in [0.05, 0.1) is 17.3 Å². The summed E-state index contributed by atoms with van der Waals surface area (Å²) in [5.74, 6) is 0.213. The number of nitrogens with one attached hydrogen (secondary N) is 1. The van der Waals surface area contributed by atoms with Crippen molar-refractivity contribution in [2.24, 2.45) is 4.99 Å². The van der Waals surface area contributed by atoms with E-state index in [0.29, 0.717) is 25.0 Å². The Balaban J connectivity index is 1.36. The molecule has 6 nitrogen and oxygen atoms in total. The van der Waals surface area contributed by atoms with Crippen molar-refractivity contribution in [2.75, 3.05) is 32.5 Å². The summed E-state index contributed by atoms with van der Waals surface area (Å²) in [5.41, 5.74) is 6.29. The molecule has 0 spiro atoms. The van der Waals surface area contributed by atoms with E-state index in [9.17, 15) is 9.59 Å². The van der Waals surface area contributed by atoms with Crippen molar-refractivity contribution in [1.82, 2.24) is 9.80 Å². The zero-order valence-electron chi connectivity index (χ0n) is 20.6. The van der Waals surface area contributed by atoms with Crippen LogP contribution in [0.4, 0.5) is 5.69 Å². The van der Waals surface area contributed by atoms with Crippen LogP contribution < -0.4 is 5.32 Å². The van der Waals surface area contributed by atoms with Crippen LogP contribution in [0.1, 0.15) is 46.1 Å². The molecular weight excluding hydrogens is 456 g/mol. The van der Waals surface area contributed by atoms with E-state index in [-0.39, 0.29) is 17.7 Å². The van der Waals surface area contributed by atoms with Crippen molar-refractivity contribution in [1.29, 1.82) is 0 Å². The first kappa shape index (κ1) is 23.7. The first-order valence-corrected chi connectivity index (χ1v) is 13.2. The normalized spacial score (nSPS) is 21.1. The van der Waals surface area contributed by atoms with Gasteiger partial charge in [-0.2, -0.15) is 0 Å². The highest BCUT2D eigenvalue weighted by atomic mass is 32.1. The molecule has 0 bridgehead atoms. The van der Waals surface area contributed by atoms with Gasteiger partial charge in [-0.25, -0.2) is 0 Å². The molecule has 182 valence electrons. The second-order valence-electron chi connectivity index (χ2n) is 9.88. The molecule has 2 aliphatic heterocycles. The molecule has 1 atom stereocenters. The van der Waals surface area contributed by atoms with E-state index >= 15 is 0 Å². The number of amides is 1. The quantitative estimate of drug-likeness (QED) is 0.584. The summed E-state index contributed by atoms with van der Waals surface area (Å²) >= 11 is 1.74. The Morgan fingerprint density at radius 2 is 2.09 bits per heavy atom. The molecule has 3 aliphatic rings. The number of benzene rings is 1. The van der Waals surface area contributed by atoms with Gasteiger partial charge < -0.3 is 15.1 Å². The van der Waals surface area contributed by atoms with Crippen molar-refractivity contribution in [3.63, 3.8) is 0 Å². The third-order valence-electron chi connectivity index (χ3n) is 6.75. The average Bonchev–Trinajstić information content (AvgIpc) is 3.52. The maximum Gasteiger partial charge on any atom is 0.254 e. The van der Waals surface area contributed by atoms with E-state index in [2.05, 4.69) is 54.8 Å². The molecule has 5 rings (SSSR count). The highest BCUT2D eigenvalue weighted by Gasteiger charge is 2.32. The number of thiophene rings is 1. The molecule has 1 aromatic heterocycles. The molecule has 35 heavy (non-hydrogen) atoms. The molecule has 1 N–H and O–H groups in total. The summed E-state index contributed by atoms with van der Waals surface area (Å²) < 4.78 is 0. The van der Waals surface area contributed by atoms with Gasteiger partial charge in [-0.15, -0.1) is 11.3 Å². The van der Waals surface area contributed by atoms with Gasteiger partial charge in [0.2, 0.25) is 0 Å². The summed E-state index contributed by atoms with van der Waals surface area (Å²) in [6.45, 7) is 4.48. The molecule has 3 heterocycles. The number of hydrogen-bond donors (Lipinski definition) is 1. The van der Waals surface area contributed by atoms with E-state index in [4.69, 9.17) is 4.99 Å². The van der Waals surface area contributed by atoms with Crippen LogP contribution in [0.5, 0.6) is 0 Å². The van der Waals surface area contributed by atoms with Crippen LogP contribution in [0, 0.1) is 0 Å². The molecule has 7 heteroatoms. The van der Waals surface area contributed by atoms with E-state index in [1.54, 1.807) is 11.3 Å². The summed E-state index contributed by atoms with van der Waals surface area (Å²) in [6, 6.07) is 8.39. The lowest BCUT2D eigenvalue weighted by Crippen LogP contribution is -2.27. The van der Waals surface area contributed by atoms with Crippen molar-refractivity contribution >= 4 is 34.4 Å². The number of nitrogens with zero attached hydrogens (tertiary/aromatic N) is 3. The van der Waals surface area contributed by atoms with Crippen LogP contribution in [0.3, 0.4) is 0 Å². The molecule has 2 aromatic rings. The maximum absolute atomic E-state index is 13.0. The molecule has 1 aliphatic carbocycles. The van der Waals surface area contributed by atoms with Gasteiger partial charge in [0.25, 0.3) is 5.91 Å². The summed E-state index contributed by atoms with van der Waals surface area (Å²) in [5, 5.41) is 5.59. The molecule has 0 saturated carbocycles. The van der Waals surface area contributed by atoms with Crippen molar-refractivity contribution in [2.45, 2.75) is 45.2 Å². The molecule has 0 unspecified atom stereocenters.